The van der Waals surface area contributed by atoms with Crippen LogP contribution in [0.4, 0.5) is 5.69 Å². The first-order chi connectivity index (χ1) is 13.0. The first-order valence-electron chi connectivity index (χ1n) is 8.79. The molecular weight excluding hydrogens is 364 g/mol. The van der Waals surface area contributed by atoms with Crippen molar-refractivity contribution in [2.24, 2.45) is 0 Å². The molecule has 1 aliphatic rings. The summed E-state index contributed by atoms with van der Waals surface area (Å²) in [7, 11) is -3.51. The molecule has 1 heterocycles. The smallest absolute Gasteiger partial charge is 0.255 e. The first-order valence-corrected chi connectivity index (χ1v) is 10.2. The minimum atomic E-state index is -3.51. The molecule has 0 unspecified atom stereocenters. The summed E-state index contributed by atoms with van der Waals surface area (Å²) in [5, 5.41) is 2.78. The van der Waals surface area contributed by atoms with Crippen LogP contribution in [-0.4, -0.2) is 38.3 Å². The number of rotatable bonds is 6. The van der Waals surface area contributed by atoms with E-state index < -0.39 is 10.0 Å². The molecule has 27 heavy (non-hydrogen) atoms. The molecule has 0 saturated heterocycles. The summed E-state index contributed by atoms with van der Waals surface area (Å²) in [5.41, 5.74) is 1.89. The Morgan fingerprint density at radius 3 is 2.41 bits per heavy atom. The van der Waals surface area contributed by atoms with Crippen molar-refractivity contribution in [1.29, 1.82) is 0 Å². The van der Waals surface area contributed by atoms with Gasteiger partial charge in [-0.25, -0.2) is 8.42 Å². The third kappa shape index (κ3) is 4.04. The average Bonchev–Trinajstić information content (AvgIpc) is 2.68. The maximum absolute atomic E-state index is 12.5. The standard InChI is InChI=1S/C20H22N2O4S/c1-3-22(4-2)27(24,25)18-11-9-17(10-12-18)21-20(23)16-13-15-7-5-6-8-19(15)26-14-16/h5-13H,3-4,14H2,1-2H3,(H,21,23). The Morgan fingerprint density at radius 1 is 1.07 bits per heavy atom. The Balaban J connectivity index is 1.74. The summed E-state index contributed by atoms with van der Waals surface area (Å²) < 4.78 is 32.0. The number of fused-ring (bicyclic) bond motifs is 1. The highest BCUT2D eigenvalue weighted by atomic mass is 32.2. The van der Waals surface area contributed by atoms with Gasteiger partial charge in [-0.05, 0) is 36.4 Å². The van der Waals surface area contributed by atoms with Gasteiger partial charge in [0.2, 0.25) is 10.0 Å². The van der Waals surface area contributed by atoms with Gasteiger partial charge in [-0.2, -0.15) is 4.31 Å². The fourth-order valence-electron chi connectivity index (χ4n) is 2.88. The molecule has 1 aliphatic heterocycles. The Labute approximate surface area is 159 Å². The lowest BCUT2D eigenvalue weighted by atomic mass is 10.1. The summed E-state index contributed by atoms with van der Waals surface area (Å²) >= 11 is 0. The molecule has 0 atom stereocenters. The van der Waals surface area contributed by atoms with Crippen LogP contribution in [0.3, 0.4) is 0 Å². The lowest BCUT2D eigenvalue weighted by molar-refractivity contribution is -0.113. The van der Waals surface area contributed by atoms with Crippen molar-refractivity contribution in [3.8, 4) is 5.75 Å². The van der Waals surface area contributed by atoms with Gasteiger partial charge in [0, 0.05) is 24.3 Å². The van der Waals surface area contributed by atoms with E-state index in [-0.39, 0.29) is 17.4 Å². The predicted octanol–water partition coefficient (Wildman–Crippen LogP) is 3.13. The third-order valence-corrected chi connectivity index (χ3v) is 6.44. The molecule has 3 rings (SSSR count). The number of hydrogen-bond acceptors (Lipinski definition) is 4. The van der Waals surface area contributed by atoms with Crippen molar-refractivity contribution in [2.75, 3.05) is 25.0 Å². The quantitative estimate of drug-likeness (QED) is 0.828. The number of nitrogens with one attached hydrogen (secondary N) is 1. The Bertz CT molecular complexity index is 962. The van der Waals surface area contributed by atoms with E-state index in [1.807, 2.05) is 24.3 Å². The molecule has 0 aromatic heterocycles. The zero-order valence-corrected chi connectivity index (χ0v) is 16.1. The molecule has 0 bridgehead atoms. The van der Waals surface area contributed by atoms with Crippen molar-refractivity contribution in [3.63, 3.8) is 0 Å². The SMILES string of the molecule is CCN(CC)S(=O)(=O)c1ccc(NC(=O)C2=Cc3ccccc3OC2)cc1. The average molecular weight is 386 g/mol. The number of sulfonamides is 1. The van der Waals surface area contributed by atoms with Crippen LogP contribution in [0.2, 0.25) is 0 Å². The highest BCUT2D eigenvalue weighted by molar-refractivity contribution is 7.89. The van der Waals surface area contributed by atoms with E-state index in [4.69, 9.17) is 4.74 Å². The molecule has 0 radical (unpaired) electrons. The maximum atomic E-state index is 12.5. The van der Waals surface area contributed by atoms with Gasteiger partial charge in [0.25, 0.3) is 5.91 Å². The fourth-order valence-corrected chi connectivity index (χ4v) is 4.34. The first kappa shape index (κ1) is 19.1. The van der Waals surface area contributed by atoms with Crippen molar-refractivity contribution in [2.45, 2.75) is 18.7 Å². The monoisotopic (exact) mass is 386 g/mol. The largest absolute Gasteiger partial charge is 0.488 e. The van der Waals surface area contributed by atoms with E-state index in [0.29, 0.717) is 24.4 Å². The van der Waals surface area contributed by atoms with Gasteiger partial charge >= 0.3 is 0 Å². The van der Waals surface area contributed by atoms with Crippen molar-refractivity contribution < 1.29 is 17.9 Å². The summed E-state index contributed by atoms with van der Waals surface area (Å²) in [4.78, 5) is 12.7. The Hall–Kier alpha value is -2.64. The summed E-state index contributed by atoms with van der Waals surface area (Å²) in [6.45, 7) is 4.61. The van der Waals surface area contributed by atoms with Gasteiger partial charge in [0.05, 0.1) is 10.5 Å². The molecule has 0 aliphatic carbocycles. The molecular formula is C20H22N2O4S. The summed E-state index contributed by atoms with van der Waals surface area (Å²) in [6, 6.07) is 13.7. The number of benzene rings is 2. The van der Waals surface area contributed by atoms with Gasteiger partial charge in [0.1, 0.15) is 12.4 Å². The number of anilines is 1. The number of carbonyl (C=O) groups is 1. The van der Waals surface area contributed by atoms with Crippen LogP contribution in [0.1, 0.15) is 19.4 Å². The van der Waals surface area contributed by atoms with Crippen LogP contribution in [-0.2, 0) is 14.8 Å². The zero-order valence-electron chi connectivity index (χ0n) is 15.3. The number of ether oxygens (including phenoxy) is 1. The van der Waals surface area contributed by atoms with Crippen molar-refractivity contribution in [3.05, 3.63) is 59.7 Å². The minimum absolute atomic E-state index is 0.192. The second kappa shape index (κ2) is 7.94. The van der Waals surface area contributed by atoms with Gasteiger partial charge in [-0.1, -0.05) is 32.0 Å². The van der Waals surface area contributed by atoms with E-state index in [0.717, 1.165) is 11.3 Å². The van der Waals surface area contributed by atoms with Gasteiger partial charge in [0.15, 0.2) is 0 Å². The number of para-hydroxylation sites is 1. The molecule has 2 aromatic rings. The molecule has 0 fully saturated rings. The molecule has 6 nitrogen and oxygen atoms in total. The van der Waals surface area contributed by atoms with Gasteiger partial charge < -0.3 is 10.1 Å². The lowest BCUT2D eigenvalue weighted by Crippen LogP contribution is -2.30. The molecule has 0 saturated carbocycles. The van der Waals surface area contributed by atoms with Gasteiger partial charge in [-0.3, -0.25) is 4.79 Å². The number of amides is 1. The topological polar surface area (TPSA) is 75.7 Å². The Morgan fingerprint density at radius 2 is 1.74 bits per heavy atom. The van der Waals surface area contributed by atoms with E-state index >= 15 is 0 Å². The lowest BCUT2D eigenvalue weighted by Gasteiger charge is -2.19. The Kier molecular flexibility index (Phi) is 5.62. The third-order valence-electron chi connectivity index (χ3n) is 4.38. The van der Waals surface area contributed by atoms with Crippen LogP contribution in [0, 0.1) is 0 Å². The zero-order chi connectivity index (χ0) is 19.4. The normalized spacial score (nSPS) is 13.5. The highest BCUT2D eigenvalue weighted by Gasteiger charge is 2.22. The molecule has 142 valence electrons. The van der Waals surface area contributed by atoms with Crippen LogP contribution in [0.25, 0.3) is 6.08 Å². The van der Waals surface area contributed by atoms with Crippen LogP contribution >= 0.6 is 0 Å². The van der Waals surface area contributed by atoms with Gasteiger partial charge in [-0.15, -0.1) is 0 Å². The van der Waals surface area contributed by atoms with E-state index in [1.54, 1.807) is 32.1 Å². The highest BCUT2D eigenvalue weighted by Crippen LogP contribution is 2.26. The number of hydrogen-bond donors (Lipinski definition) is 1. The minimum Gasteiger partial charge on any atom is -0.488 e. The fraction of sp³-hybridized carbons (Fsp3) is 0.250. The van der Waals surface area contributed by atoms with E-state index in [9.17, 15) is 13.2 Å². The molecule has 1 amide bonds. The maximum Gasteiger partial charge on any atom is 0.255 e. The predicted molar refractivity (Wildman–Crippen MR) is 105 cm³/mol. The van der Waals surface area contributed by atoms with E-state index in [2.05, 4.69) is 5.32 Å². The van der Waals surface area contributed by atoms with Crippen LogP contribution in [0.15, 0.2) is 59.0 Å². The second-order valence-electron chi connectivity index (χ2n) is 6.06. The molecule has 7 heteroatoms. The van der Waals surface area contributed by atoms with Crippen LogP contribution < -0.4 is 10.1 Å². The summed E-state index contributed by atoms with van der Waals surface area (Å²) in [6.07, 6.45) is 1.80. The molecule has 2 aromatic carbocycles. The van der Waals surface area contributed by atoms with Crippen LogP contribution in [0.5, 0.6) is 5.75 Å². The number of carbonyl (C=O) groups excluding carboxylic acids is 1. The summed E-state index contributed by atoms with van der Waals surface area (Å²) in [5.74, 6) is 0.476. The molecule has 1 N–H and O–H groups in total. The number of nitrogens with zero attached hydrogens (tertiary/aromatic N) is 1. The van der Waals surface area contributed by atoms with E-state index in [1.165, 1.54) is 16.4 Å². The van der Waals surface area contributed by atoms with Crippen molar-refractivity contribution in [1.82, 2.24) is 4.31 Å². The van der Waals surface area contributed by atoms with Crippen molar-refractivity contribution >= 4 is 27.7 Å². The molecule has 0 spiro atoms. The second-order valence-corrected chi connectivity index (χ2v) is 8.00.